The molecule has 2 aromatic rings. The fourth-order valence-corrected chi connectivity index (χ4v) is 2.29. The maximum Gasteiger partial charge on any atom is 0.274 e. The molecule has 1 aromatic heterocycles. The minimum absolute atomic E-state index is 0.0209. The summed E-state index contributed by atoms with van der Waals surface area (Å²) in [6, 6.07) is 5.86. The number of fused-ring (bicyclic) bond motifs is 1. The SMILES string of the molecule is CC1(C)COc2c(-c3ncc[nH]c3=O)cccc21. The molecule has 0 unspecified atom stereocenters. The van der Waals surface area contributed by atoms with E-state index in [1.54, 1.807) is 6.20 Å². The summed E-state index contributed by atoms with van der Waals surface area (Å²) in [7, 11) is 0. The molecule has 0 saturated carbocycles. The highest BCUT2D eigenvalue weighted by Crippen LogP contribution is 2.43. The quantitative estimate of drug-likeness (QED) is 0.833. The van der Waals surface area contributed by atoms with Gasteiger partial charge in [0, 0.05) is 28.9 Å². The minimum Gasteiger partial charge on any atom is -0.492 e. The summed E-state index contributed by atoms with van der Waals surface area (Å²) in [4.78, 5) is 18.6. The predicted octanol–water partition coefficient (Wildman–Crippen LogP) is 2.11. The minimum atomic E-state index is -0.195. The topological polar surface area (TPSA) is 55.0 Å². The molecular weight excluding hydrogens is 228 g/mol. The first kappa shape index (κ1) is 11.0. The molecule has 0 aliphatic carbocycles. The molecule has 1 aliphatic rings. The second-order valence-corrected chi connectivity index (χ2v) is 5.12. The lowest BCUT2D eigenvalue weighted by Crippen LogP contribution is -2.18. The van der Waals surface area contributed by atoms with E-state index < -0.39 is 0 Å². The van der Waals surface area contributed by atoms with Crippen LogP contribution in [0.15, 0.2) is 35.4 Å². The van der Waals surface area contributed by atoms with Crippen LogP contribution in [0.2, 0.25) is 0 Å². The Morgan fingerprint density at radius 2 is 2.22 bits per heavy atom. The van der Waals surface area contributed by atoms with Crippen molar-refractivity contribution >= 4 is 0 Å². The highest BCUT2D eigenvalue weighted by Gasteiger charge is 2.33. The van der Waals surface area contributed by atoms with E-state index in [-0.39, 0.29) is 11.0 Å². The van der Waals surface area contributed by atoms with Crippen LogP contribution in [0.25, 0.3) is 11.3 Å². The third-order valence-corrected chi connectivity index (χ3v) is 3.28. The second kappa shape index (κ2) is 3.70. The van der Waals surface area contributed by atoms with Gasteiger partial charge in [-0.15, -0.1) is 0 Å². The first-order valence-electron chi connectivity index (χ1n) is 5.90. The van der Waals surface area contributed by atoms with E-state index in [0.29, 0.717) is 12.3 Å². The van der Waals surface area contributed by atoms with Crippen LogP contribution in [-0.4, -0.2) is 16.6 Å². The number of nitrogens with zero attached hydrogens (tertiary/aromatic N) is 1. The average Bonchev–Trinajstić information content (AvgIpc) is 2.67. The zero-order chi connectivity index (χ0) is 12.8. The number of aromatic amines is 1. The smallest absolute Gasteiger partial charge is 0.274 e. The Kier molecular flexibility index (Phi) is 2.26. The van der Waals surface area contributed by atoms with Gasteiger partial charge in [-0.3, -0.25) is 4.79 Å². The molecule has 1 aliphatic heterocycles. The van der Waals surface area contributed by atoms with Gasteiger partial charge in [0.05, 0.1) is 6.61 Å². The van der Waals surface area contributed by atoms with Crippen LogP contribution >= 0.6 is 0 Å². The Morgan fingerprint density at radius 3 is 3.00 bits per heavy atom. The van der Waals surface area contributed by atoms with Crippen molar-refractivity contribution in [3.05, 3.63) is 46.5 Å². The number of benzene rings is 1. The van der Waals surface area contributed by atoms with E-state index in [9.17, 15) is 4.79 Å². The van der Waals surface area contributed by atoms with Crippen LogP contribution in [0.1, 0.15) is 19.4 Å². The van der Waals surface area contributed by atoms with E-state index in [1.165, 1.54) is 6.20 Å². The molecule has 1 N–H and O–H groups in total. The first-order chi connectivity index (χ1) is 8.59. The van der Waals surface area contributed by atoms with Crippen LogP contribution in [0.4, 0.5) is 0 Å². The maximum atomic E-state index is 11.8. The molecule has 0 fully saturated rings. The van der Waals surface area contributed by atoms with Crippen molar-refractivity contribution in [3.8, 4) is 17.0 Å². The molecule has 0 spiro atoms. The molecule has 0 radical (unpaired) electrons. The van der Waals surface area contributed by atoms with Crippen LogP contribution in [-0.2, 0) is 5.41 Å². The van der Waals surface area contributed by atoms with Crippen molar-refractivity contribution < 1.29 is 4.74 Å². The molecule has 2 heterocycles. The Hall–Kier alpha value is -2.10. The summed E-state index contributed by atoms with van der Waals surface area (Å²) >= 11 is 0. The predicted molar refractivity (Wildman–Crippen MR) is 68.8 cm³/mol. The van der Waals surface area contributed by atoms with E-state index in [1.807, 2.05) is 18.2 Å². The van der Waals surface area contributed by atoms with Gasteiger partial charge in [-0.25, -0.2) is 4.98 Å². The van der Waals surface area contributed by atoms with Crippen molar-refractivity contribution in [3.63, 3.8) is 0 Å². The Balaban J connectivity index is 2.25. The van der Waals surface area contributed by atoms with Crippen molar-refractivity contribution in [2.45, 2.75) is 19.3 Å². The van der Waals surface area contributed by atoms with Gasteiger partial charge < -0.3 is 9.72 Å². The molecule has 0 saturated heterocycles. The van der Waals surface area contributed by atoms with Crippen molar-refractivity contribution in [2.24, 2.45) is 0 Å². The number of H-pyrrole nitrogens is 1. The molecule has 4 nitrogen and oxygen atoms in total. The monoisotopic (exact) mass is 242 g/mol. The molecule has 0 atom stereocenters. The van der Waals surface area contributed by atoms with Crippen molar-refractivity contribution in [2.75, 3.05) is 6.61 Å². The van der Waals surface area contributed by atoms with Crippen molar-refractivity contribution in [1.29, 1.82) is 0 Å². The van der Waals surface area contributed by atoms with E-state index in [4.69, 9.17) is 4.74 Å². The third kappa shape index (κ3) is 1.53. The van der Waals surface area contributed by atoms with E-state index in [2.05, 4.69) is 23.8 Å². The lowest BCUT2D eigenvalue weighted by molar-refractivity contribution is 0.291. The van der Waals surface area contributed by atoms with Crippen molar-refractivity contribution in [1.82, 2.24) is 9.97 Å². The highest BCUT2D eigenvalue weighted by molar-refractivity contribution is 5.70. The van der Waals surface area contributed by atoms with Gasteiger partial charge in [0.2, 0.25) is 0 Å². The zero-order valence-corrected chi connectivity index (χ0v) is 10.4. The Labute approximate surface area is 105 Å². The largest absolute Gasteiger partial charge is 0.492 e. The van der Waals surface area contributed by atoms with E-state index in [0.717, 1.165) is 16.9 Å². The summed E-state index contributed by atoms with van der Waals surface area (Å²) < 4.78 is 5.76. The van der Waals surface area contributed by atoms with Crippen LogP contribution in [0, 0.1) is 0 Å². The number of rotatable bonds is 1. The Bertz CT molecular complexity index is 659. The van der Waals surface area contributed by atoms with Crippen LogP contribution < -0.4 is 10.3 Å². The van der Waals surface area contributed by atoms with Gasteiger partial charge in [-0.1, -0.05) is 26.0 Å². The highest BCUT2D eigenvalue weighted by atomic mass is 16.5. The van der Waals surface area contributed by atoms with Gasteiger partial charge in [0.25, 0.3) is 5.56 Å². The lowest BCUT2D eigenvalue weighted by Gasteiger charge is -2.14. The summed E-state index contributed by atoms with van der Waals surface area (Å²) in [5, 5.41) is 0. The maximum absolute atomic E-state index is 11.8. The normalized spacial score (nSPS) is 16.1. The number of nitrogens with one attached hydrogen (secondary N) is 1. The number of aromatic nitrogens is 2. The Morgan fingerprint density at radius 1 is 1.39 bits per heavy atom. The van der Waals surface area contributed by atoms with Gasteiger partial charge in [0.1, 0.15) is 11.4 Å². The number of hydrogen-bond acceptors (Lipinski definition) is 3. The summed E-state index contributed by atoms with van der Waals surface area (Å²) in [6.45, 7) is 4.89. The third-order valence-electron chi connectivity index (χ3n) is 3.28. The molecular formula is C14H14N2O2. The zero-order valence-electron chi connectivity index (χ0n) is 10.4. The molecule has 18 heavy (non-hydrogen) atoms. The molecule has 92 valence electrons. The summed E-state index contributed by atoms with van der Waals surface area (Å²) in [5.41, 5.74) is 2.09. The van der Waals surface area contributed by atoms with Gasteiger partial charge >= 0.3 is 0 Å². The van der Waals surface area contributed by atoms with Crippen LogP contribution in [0.3, 0.4) is 0 Å². The summed E-state index contributed by atoms with van der Waals surface area (Å²) in [5.74, 6) is 0.784. The molecule has 0 amide bonds. The molecule has 1 aromatic carbocycles. The molecule has 4 heteroatoms. The molecule has 0 bridgehead atoms. The van der Waals surface area contributed by atoms with Gasteiger partial charge in [0.15, 0.2) is 0 Å². The van der Waals surface area contributed by atoms with Gasteiger partial charge in [-0.2, -0.15) is 0 Å². The molecule has 3 rings (SSSR count). The number of para-hydroxylation sites is 1. The lowest BCUT2D eigenvalue weighted by atomic mass is 9.86. The average molecular weight is 242 g/mol. The van der Waals surface area contributed by atoms with Crippen LogP contribution in [0.5, 0.6) is 5.75 Å². The van der Waals surface area contributed by atoms with E-state index >= 15 is 0 Å². The standard InChI is InChI=1S/C14H14N2O2/c1-14(2)8-18-12-9(4-3-5-10(12)14)11-13(17)16-7-6-15-11/h3-7H,8H2,1-2H3,(H,16,17). The number of ether oxygens (including phenoxy) is 1. The van der Waals surface area contributed by atoms with Gasteiger partial charge in [-0.05, 0) is 6.07 Å². The first-order valence-corrected chi connectivity index (χ1v) is 5.90. The fourth-order valence-electron chi connectivity index (χ4n) is 2.29. The fraction of sp³-hybridized carbons (Fsp3) is 0.286. The number of hydrogen-bond donors (Lipinski definition) is 1. The second-order valence-electron chi connectivity index (χ2n) is 5.12. The summed E-state index contributed by atoms with van der Waals surface area (Å²) in [6.07, 6.45) is 3.11.